The number of benzene rings is 2. The summed E-state index contributed by atoms with van der Waals surface area (Å²) >= 11 is 1.30. The maximum atomic E-state index is 13.3. The summed E-state index contributed by atoms with van der Waals surface area (Å²) in [6.07, 6.45) is 2.08. The smallest absolute Gasteiger partial charge is 0.263 e. The first-order valence-corrected chi connectivity index (χ1v) is 11.2. The number of para-hydroxylation sites is 1. The van der Waals surface area contributed by atoms with E-state index in [-0.39, 0.29) is 30.4 Å². The second-order valence-corrected chi connectivity index (χ2v) is 8.21. The number of nitrogens with zero attached hydrogens (tertiary/aromatic N) is 2. The zero-order valence-corrected chi connectivity index (χ0v) is 18.6. The summed E-state index contributed by atoms with van der Waals surface area (Å²) in [5, 5.41) is 7.47. The van der Waals surface area contributed by atoms with Crippen LogP contribution in [-0.4, -0.2) is 27.9 Å². The molecule has 0 aliphatic rings. The molecule has 33 heavy (non-hydrogen) atoms. The first-order valence-electron chi connectivity index (χ1n) is 10.3. The summed E-state index contributed by atoms with van der Waals surface area (Å²) in [5.74, 6) is -1.22. The van der Waals surface area contributed by atoms with Crippen LogP contribution in [0.5, 0.6) is 0 Å². The first-order chi connectivity index (χ1) is 16.0. The molecule has 2 aromatic heterocycles. The Balaban J connectivity index is 1.45. The van der Waals surface area contributed by atoms with Crippen LogP contribution in [0, 0.1) is 5.82 Å². The van der Waals surface area contributed by atoms with Crippen LogP contribution in [0.2, 0.25) is 0 Å². The minimum Gasteiger partial charge on any atom is -0.345 e. The molecule has 2 heterocycles. The lowest BCUT2D eigenvalue weighted by Gasteiger charge is -2.11. The van der Waals surface area contributed by atoms with Crippen molar-refractivity contribution < 1.29 is 14.0 Å². The summed E-state index contributed by atoms with van der Waals surface area (Å²) in [5.41, 5.74) is 2.65. The van der Waals surface area contributed by atoms with Gasteiger partial charge in [0.05, 0.1) is 18.3 Å². The molecule has 0 bridgehead atoms. The molecule has 2 aromatic carbocycles. The minimum absolute atomic E-state index is 0.222. The lowest BCUT2D eigenvalue weighted by molar-refractivity contribution is -0.124. The average Bonchev–Trinajstić information content (AvgIpc) is 3.25. The highest BCUT2D eigenvalue weighted by Crippen LogP contribution is 2.30. The van der Waals surface area contributed by atoms with Gasteiger partial charge in [0.15, 0.2) is 0 Å². The van der Waals surface area contributed by atoms with E-state index in [1.807, 2.05) is 25.1 Å². The molecule has 9 heteroatoms. The molecular formula is C24H21FN4O3S. The number of rotatable bonds is 7. The van der Waals surface area contributed by atoms with Crippen molar-refractivity contribution in [3.8, 4) is 11.1 Å². The van der Waals surface area contributed by atoms with E-state index in [1.165, 1.54) is 34.4 Å². The van der Waals surface area contributed by atoms with Crippen LogP contribution >= 0.6 is 11.3 Å². The molecule has 2 amide bonds. The third-order valence-corrected chi connectivity index (χ3v) is 6.03. The number of fused-ring (bicyclic) bond motifs is 1. The largest absolute Gasteiger partial charge is 0.345 e. The molecule has 7 nitrogen and oxygen atoms in total. The highest BCUT2D eigenvalue weighted by Gasteiger charge is 2.15. The number of aromatic nitrogens is 2. The Morgan fingerprint density at radius 3 is 2.61 bits per heavy atom. The Bertz CT molecular complexity index is 1380. The molecule has 168 valence electrons. The van der Waals surface area contributed by atoms with Crippen molar-refractivity contribution in [2.75, 3.05) is 11.9 Å². The van der Waals surface area contributed by atoms with E-state index in [0.717, 1.165) is 12.0 Å². The standard InChI is InChI=1S/C24H21FN4O3S/c1-2-15-5-3-4-6-19(15)28-20(30)11-26-21(31)12-29-14-27-23-22(24(29)32)18(13-33-23)16-7-9-17(25)10-8-16/h3-10,13-14H,2,11-12H2,1H3,(H,26,31)(H,28,30). The van der Waals surface area contributed by atoms with Gasteiger partial charge in [-0.1, -0.05) is 37.3 Å². The molecule has 0 fully saturated rings. The summed E-state index contributed by atoms with van der Waals surface area (Å²) in [6, 6.07) is 13.3. The molecule has 4 aromatic rings. The van der Waals surface area contributed by atoms with Crippen LogP contribution in [0.4, 0.5) is 10.1 Å². The number of carbonyl (C=O) groups excluding carboxylic acids is 2. The van der Waals surface area contributed by atoms with Crippen molar-refractivity contribution in [1.29, 1.82) is 0 Å². The topological polar surface area (TPSA) is 93.1 Å². The monoisotopic (exact) mass is 464 g/mol. The van der Waals surface area contributed by atoms with Gasteiger partial charge in [0.2, 0.25) is 11.8 Å². The van der Waals surface area contributed by atoms with Crippen LogP contribution in [0.3, 0.4) is 0 Å². The summed E-state index contributed by atoms with van der Waals surface area (Å²) in [4.78, 5) is 42.5. The van der Waals surface area contributed by atoms with Crippen molar-refractivity contribution in [2.45, 2.75) is 19.9 Å². The van der Waals surface area contributed by atoms with Gasteiger partial charge in [0, 0.05) is 16.6 Å². The van der Waals surface area contributed by atoms with Gasteiger partial charge in [-0.05, 0) is 35.7 Å². The third kappa shape index (κ3) is 4.98. The fourth-order valence-electron chi connectivity index (χ4n) is 3.46. The van der Waals surface area contributed by atoms with Crippen molar-refractivity contribution in [3.63, 3.8) is 0 Å². The molecule has 0 saturated heterocycles. The molecule has 4 rings (SSSR count). The number of carbonyl (C=O) groups is 2. The van der Waals surface area contributed by atoms with Crippen molar-refractivity contribution in [2.24, 2.45) is 0 Å². The van der Waals surface area contributed by atoms with Crippen LogP contribution in [0.15, 0.2) is 65.0 Å². The zero-order valence-electron chi connectivity index (χ0n) is 17.8. The quantitative estimate of drug-likeness (QED) is 0.437. The second kappa shape index (κ2) is 9.74. The lowest BCUT2D eigenvalue weighted by atomic mass is 10.1. The second-order valence-electron chi connectivity index (χ2n) is 7.35. The number of aryl methyl sites for hydroxylation is 1. The number of hydrogen-bond donors (Lipinski definition) is 2. The number of anilines is 1. The van der Waals surface area contributed by atoms with E-state index in [4.69, 9.17) is 0 Å². The maximum Gasteiger partial charge on any atom is 0.263 e. The van der Waals surface area contributed by atoms with Crippen LogP contribution in [0.1, 0.15) is 12.5 Å². The van der Waals surface area contributed by atoms with Crippen molar-refractivity contribution in [1.82, 2.24) is 14.9 Å². The first kappa shape index (κ1) is 22.3. The Labute approximate surface area is 192 Å². The number of hydrogen-bond acceptors (Lipinski definition) is 5. The fourth-order valence-corrected chi connectivity index (χ4v) is 4.36. The molecule has 0 aliphatic heterocycles. The van der Waals surface area contributed by atoms with E-state index < -0.39 is 5.91 Å². The predicted molar refractivity (Wildman–Crippen MR) is 127 cm³/mol. The summed E-state index contributed by atoms with van der Waals surface area (Å²) in [7, 11) is 0. The van der Waals surface area contributed by atoms with Gasteiger partial charge in [-0.15, -0.1) is 11.3 Å². The third-order valence-electron chi connectivity index (χ3n) is 5.15. The normalized spacial score (nSPS) is 10.8. The van der Waals surface area contributed by atoms with Gasteiger partial charge in [-0.2, -0.15) is 0 Å². The van der Waals surface area contributed by atoms with Crippen LogP contribution in [-0.2, 0) is 22.6 Å². The lowest BCUT2D eigenvalue weighted by Crippen LogP contribution is -2.37. The number of amides is 2. The zero-order chi connectivity index (χ0) is 23.4. The van der Waals surface area contributed by atoms with Gasteiger partial charge < -0.3 is 10.6 Å². The summed E-state index contributed by atoms with van der Waals surface area (Å²) in [6.45, 7) is 1.49. The van der Waals surface area contributed by atoms with E-state index in [9.17, 15) is 18.8 Å². The van der Waals surface area contributed by atoms with Gasteiger partial charge in [-0.3, -0.25) is 19.0 Å². The van der Waals surface area contributed by atoms with Gasteiger partial charge in [0.25, 0.3) is 5.56 Å². The Morgan fingerprint density at radius 1 is 1.09 bits per heavy atom. The number of nitrogens with one attached hydrogen (secondary N) is 2. The van der Waals surface area contributed by atoms with E-state index in [0.29, 0.717) is 27.0 Å². The highest BCUT2D eigenvalue weighted by molar-refractivity contribution is 7.17. The molecule has 2 N–H and O–H groups in total. The van der Waals surface area contributed by atoms with Crippen LogP contribution < -0.4 is 16.2 Å². The average molecular weight is 465 g/mol. The molecule has 0 aliphatic carbocycles. The molecule has 0 saturated carbocycles. The Morgan fingerprint density at radius 2 is 1.85 bits per heavy atom. The highest BCUT2D eigenvalue weighted by atomic mass is 32.1. The molecular weight excluding hydrogens is 443 g/mol. The molecule has 0 radical (unpaired) electrons. The molecule has 0 atom stereocenters. The van der Waals surface area contributed by atoms with Crippen molar-refractivity contribution in [3.05, 3.63) is 82.0 Å². The minimum atomic E-state index is -0.490. The number of thiophene rings is 1. The number of halogens is 1. The van der Waals surface area contributed by atoms with E-state index >= 15 is 0 Å². The van der Waals surface area contributed by atoms with E-state index in [1.54, 1.807) is 23.6 Å². The Hall–Kier alpha value is -3.85. The van der Waals surface area contributed by atoms with Crippen molar-refractivity contribution >= 4 is 39.1 Å². The van der Waals surface area contributed by atoms with E-state index in [2.05, 4.69) is 15.6 Å². The molecule has 0 unspecified atom stereocenters. The predicted octanol–water partition coefficient (Wildman–Crippen LogP) is 3.58. The van der Waals surface area contributed by atoms with Crippen LogP contribution in [0.25, 0.3) is 21.3 Å². The SMILES string of the molecule is CCc1ccccc1NC(=O)CNC(=O)Cn1cnc2scc(-c3ccc(F)cc3)c2c1=O. The fraction of sp³-hybridized carbons (Fsp3) is 0.167. The van der Waals surface area contributed by atoms with Gasteiger partial charge in [0.1, 0.15) is 17.2 Å². The Kier molecular flexibility index (Phi) is 6.60. The summed E-state index contributed by atoms with van der Waals surface area (Å²) < 4.78 is 14.5. The molecule has 0 spiro atoms. The maximum absolute atomic E-state index is 13.3. The van der Waals surface area contributed by atoms with Gasteiger partial charge >= 0.3 is 0 Å². The van der Waals surface area contributed by atoms with Gasteiger partial charge in [-0.25, -0.2) is 9.37 Å².